The summed E-state index contributed by atoms with van der Waals surface area (Å²) in [4.78, 5) is 64.1. The maximum atomic E-state index is 13.5. The molecule has 2 aliphatic rings. The summed E-state index contributed by atoms with van der Waals surface area (Å²) < 4.78 is 9.71. The van der Waals surface area contributed by atoms with Crippen LogP contribution in [0.5, 0.6) is 0 Å². The smallest absolute Gasteiger partial charge is 0.311 e. The van der Waals surface area contributed by atoms with Gasteiger partial charge in [-0.3, -0.25) is 24.0 Å². The third-order valence-corrected chi connectivity index (χ3v) is 6.35. The molecule has 2 bridgehead atoms. The largest absolute Gasteiger partial charge is 0.469 e. The number of hydrogen-bond donors (Lipinski definition) is 2. The van der Waals surface area contributed by atoms with Crippen molar-refractivity contribution >= 4 is 41.3 Å². The molecule has 1 aromatic carbocycles. The molecule has 2 fully saturated rings. The van der Waals surface area contributed by atoms with Crippen molar-refractivity contribution in [3.63, 3.8) is 0 Å². The fourth-order valence-corrected chi connectivity index (χ4v) is 4.94. The third kappa shape index (κ3) is 4.27. The number of hydrogen-bond acceptors (Lipinski definition) is 7. The van der Waals surface area contributed by atoms with Gasteiger partial charge in [0.25, 0.3) is 5.91 Å². The minimum atomic E-state index is -1.30. The van der Waals surface area contributed by atoms with E-state index in [1.165, 1.54) is 31.3 Å². The molecule has 172 valence electrons. The first-order valence-electron chi connectivity index (χ1n) is 10.0. The van der Waals surface area contributed by atoms with E-state index in [1.807, 2.05) is 0 Å². The standard InChI is InChI=1S/C21H24ClN3O7/c1-31-20(29)16-13-7-8-14(17(16)21(30)32-2)25(13)19(28)12(9-15(23)26)24-18(27)10-5-3-4-6-11(10)22/h3-6,12-14,16-17H,7-9H2,1-2H3,(H2,23,26)(H,24,27). The van der Waals surface area contributed by atoms with Gasteiger partial charge in [0.2, 0.25) is 11.8 Å². The SMILES string of the molecule is COC(=O)C1C(C(=O)OC)C2CCC1N2C(=O)C(CC(N)=O)NC(=O)c1ccccc1Cl. The van der Waals surface area contributed by atoms with Gasteiger partial charge in [0.1, 0.15) is 6.04 Å². The van der Waals surface area contributed by atoms with Crippen LogP contribution in [0.25, 0.3) is 0 Å². The highest BCUT2D eigenvalue weighted by atomic mass is 35.5. The van der Waals surface area contributed by atoms with Crippen LogP contribution < -0.4 is 11.1 Å². The summed E-state index contributed by atoms with van der Waals surface area (Å²) in [6, 6.07) is 3.69. The molecule has 32 heavy (non-hydrogen) atoms. The number of carbonyl (C=O) groups is 5. The highest BCUT2D eigenvalue weighted by molar-refractivity contribution is 6.33. The van der Waals surface area contributed by atoms with Crippen LogP contribution in [0.2, 0.25) is 5.02 Å². The number of carbonyl (C=O) groups excluding carboxylic acids is 5. The Morgan fingerprint density at radius 2 is 1.59 bits per heavy atom. The van der Waals surface area contributed by atoms with E-state index in [0.717, 1.165) is 0 Å². The van der Waals surface area contributed by atoms with E-state index in [0.29, 0.717) is 12.8 Å². The molecule has 0 aromatic heterocycles. The Morgan fingerprint density at radius 3 is 2.06 bits per heavy atom. The van der Waals surface area contributed by atoms with Crippen molar-refractivity contribution in [3.05, 3.63) is 34.9 Å². The van der Waals surface area contributed by atoms with Crippen molar-refractivity contribution in [2.75, 3.05) is 14.2 Å². The van der Waals surface area contributed by atoms with Gasteiger partial charge in [-0.25, -0.2) is 0 Å². The van der Waals surface area contributed by atoms with Crippen molar-refractivity contribution in [1.29, 1.82) is 0 Å². The number of nitrogens with one attached hydrogen (secondary N) is 1. The molecule has 5 atom stereocenters. The molecular weight excluding hydrogens is 442 g/mol. The second kappa shape index (κ2) is 9.56. The Hall–Kier alpha value is -3.14. The van der Waals surface area contributed by atoms with E-state index in [1.54, 1.807) is 12.1 Å². The second-order valence-corrected chi connectivity index (χ2v) is 8.14. The molecule has 11 heteroatoms. The van der Waals surface area contributed by atoms with Crippen LogP contribution in [0.15, 0.2) is 24.3 Å². The van der Waals surface area contributed by atoms with Crippen molar-refractivity contribution in [3.8, 4) is 0 Å². The summed E-state index contributed by atoms with van der Waals surface area (Å²) in [5.74, 6) is -5.13. The highest BCUT2D eigenvalue weighted by Crippen LogP contribution is 2.47. The minimum Gasteiger partial charge on any atom is -0.469 e. The van der Waals surface area contributed by atoms with Gasteiger partial charge in [-0.1, -0.05) is 23.7 Å². The Labute approximate surface area is 189 Å². The summed E-state index contributed by atoms with van der Waals surface area (Å²) >= 11 is 6.06. The fraction of sp³-hybridized carbons (Fsp3) is 0.476. The zero-order valence-electron chi connectivity index (χ0n) is 17.6. The number of amides is 3. The van der Waals surface area contributed by atoms with Crippen molar-refractivity contribution in [2.24, 2.45) is 17.6 Å². The van der Waals surface area contributed by atoms with Gasteiger partial charge in [0, 0.05) is 12.1 Å². The lowest BCUT2D eigenvalue weighted by Crippen LogP contribution is -2.52. The zero-order valence-corrected chi connectivity index (χ0v) is 18.3. The molecule has 3 N–H and O–H groups in total. The predicted molar refractivity (Wildman–Crippen MR) is 111 cm³/mol. The lowest BCUT2D eigenvalue weighted by Gasteiger charge is -2.28. The van der Waals surface area contributed by atoms with E-state index < -0.39 is 66.0 Å². The Bertz CT molecular complexity index is 923. The van der Waals surface area contributed by atoms with Gasteiger partial charge in [-0.15, -0.1) is 0 Å². The molecule has 2 heterocycles. The molecule has 3 amide bonds. The normalized spacial score (nSPS) is 24.5. The molecule has 0 spiro atoms. The van der Waals surface area contributed by atoms with Crippen molar-refractivity contribution in [2.45, 2.75) is 37.4 Å². The molecule has 2 aliphatic heterocycles. The van der Waals surface area contributed by atoms with Gasteiger partial charge < -0.3 is 25.4 Å². The molecule has 0 radical (unpaired) electrons. The van der Waals surface area contributed by atoms with Gasteiger partial charge in [-0.2, -0.15) is 0 Å². The lowest BCUT2D eigenvalue weighted by atomic mass is 9.79. The summed E-state index contributed by atoms with van der Waals surface area (Å²) in [5.41, 5.74) is 5.44. The van der Waals surface area contributed by atoms with Gasteiger partial charge >= 0.3 is 11.9 Å². The Kier molecular flexibility index (Phi) is 7.02. The first-order valence-corrected chi connectivity index (χ1v) is 10.4. The fourth-order valence-electron chi connectivity index (χ4n) is 4.72. The van der Waals surface area contributed by atoms with E-state index >= 15 is 0 Å². The number of halogens is 1. The number of benzene rings is 1. The molecule has 10 nitrogen and oxygen atoms in total. The van der Waals surface area contributed by atoms with Crippen LogP contribution in [-0.4, -0.2) is 66.9 Å². The van der Waals surface area contributed by atoms with Crippen LogP contribution in [0.3, 0.4) is 0 Å². The molecule has 2 saturated heterocycles. The number of fused-ring (bicyclic) bond motifs is 2. The zero-order chi connectivity index (χ0) is 23.6. The number of methoxy groups -OCH3 is 2. The minimum absolute atomic E-state index is 0.126. The van der Waals surface area contributed by atoms with Crippen molar-refractivity contribution in [1.82, 2.24) is 10.2 Å². The average molecular weight is 466 g/mol. The number of ether oxygens (including phenoxy) is 2. The van der Waals surface area contributed by atoms with Crippen LogP contribution in [0.4, 0.5) is 0 Å². The number of primary amides is 1. The van der Waals surface area contributed by atoms with E-state index in [9.17, 15) is 24.0 Å². The summed E-state index contributed by atoms with van der Waals surface area (Å²) in [6.07, 6.45) is 0.466. The first-order chi connectivity index (χ1) is 15.2. The quantitative estimate of drug-likeness (QED) is 0.549. The summed E-state index contributed by atoms with van der Waals surface area (Å²) in [5, 5.41) is 2.69. The van der Waals surface area contributed by atoms with Crippen LogP contribution in [-0.2, 0) is 28.7 Å². The van der Waals surface area contributed by atoms with E-state index in [-0.39, 0.29) is 10.6 Å². The van der Waals surface area contributed by atoms with Gasteiger partial charge in [-0.05, 0) is 25.0 Å². The van der Waals surface area contributed by atoms with E-state index in [2.05, 4.69) is 5.32 Å². The Balaban J connectivity index is 1.90. The number of nitrogens with zero attached hydrogens (tertiary/aromatic N) is 1. The first kappa shape index (κ1) is 23.5. The predicted octanol–water partition coefficient (Wildman–Crippen LogP) is 0.265. The molecule has 0 aliphatic carbocycles. The van der Waals surface area contributed by atoms with Gasteiger partial charge in [0.05, 0.1) is 43.1 Å². The molecular formula is C21H24ClN3O7. The van der Waals surface area contributed by atoms with Crippen molar-refractivity contribution < 1.29 is 33.4 Å². The number of rotatable bonds is 7. The van der Waals surface area contributed by atoms with E-state index in [4.69, 9.17) is 26.8 Å². The second-order valence-electron chi connectivity index (χ2n) is 7.73. The monoisotopic (exact) mass is 465 g/mol. The topological polar surface area (TPSA) is 145 Å². The molecule has 1 aromatic rings. The lowest BCUT2D eigenvalue weighted by molar-refractivity contribution is -0.157. The van der Waals surface area contributed by atoms with Gasteiger partial charge in [0.15, 0.2) is 0 Å². The van der Waals surface area contributed by atoms with Crippen LogP contribution in [0.1, 0.15) is 29.6 Å². The number of nitrogens with two attached hydrogens (primary N) is 1. The summed E-state index contributed by atoms with van der Waals surface area (Å²) in [7, 11) is 2.41. The average Bonchev–Trinajstić information content (AvgIpc) is 3.33. The Morgan fingerprint density at radius 1 is 1.06 bits per heavy atom. The van der Waals surface area contributed by atoms with Crippen LogP contribution in [0, 0.1) is 11.8 Å². The highest BCUT2D eigenvalue weighted by Gasteiger charge is 2.61. The maximum absolute atomic E-state index is 13.5. The number of esters is 2. The third-order valence-electron chi connectivity index (χ3n) is 6.02. The summed E-state index contributed by atoms with van der Waals surface area (Å²) in [6.45, 7) is 0. The molecule has 3 rings (SSSR count). The molecule has 0 saturated carbocycles. The maximum Gasteiger partial charge on any atom is 0.311 e. The molecule has 5 unspecified atom stereocenters. The van der Waals surface area contributed by atoms with Crippen LogP contribution >= 0.6 is 11.6 Å².